The van der Waals surface area contributed by atoms with Crippen LogP contribution in [0.15, 0.2) is 30.3 Å². The topological polar surface area (TPSA) is 41.1 Å². The summed E-state index contributed by atoms with van der Waals surface area (Å²) in [5, 5.41) is 6.52. The zero-order chi connectivity index (χ0) is 13.0. The fourth-order valence-electron chi connectivity index (χ4n) is 2.51. The van der Waals surface area contributed by atoms with Crippen molar-refractivity contribution in [2.45, 2.75) is 32.7 Å². The molecule has 1 heterocycles. The summed E-state index contributed by atoms with van der Waals surface area (Å²) < 4.78 is 0. The maximum Gasteiger partial charge on any atom is 0.251 e. The number of nitrogens with one attached hydrogen (secondary N) is 2. The molecule has 1 aromatic rings. The second kappa shape index (κ2) is 6.92. The van der Waals surface area contributed by atoms with Crippen molar-refractivity contribution in [3.8, 4) is 0 Å². The third-order valence-corrected chi connectivity index (χ3v) is 3.83. The molecule has 0 radical (unpaired) electrons. The van der Waals surface area contributed by atoms with E-state index in [4.69, 9.17) is 0 Å². The van der Waals surface area contributed by atoms with E-state index in [-0.39, 0.29) is 23.7 Å². The summed E-state index contributed by atoms with van der Waals surface area (Å²) in [7, 11) is 0. The van der Waals surface area contributed by atoms with Gasteiger partial charge in [-0.25, -0.2) is 0 Å². The Hall–Kier alpha value is -1.06. The maximum absolute atomic E-state index is 12.0. The highest BCUT2D eigenvalue weighted by molar-refractivity contribution is 5.94. The summed E-state index contributed by atoms with van der Waals surface area (Å²) in [6, 6.07) is 9.74. The normalized spacial score (nSPS) is 21.3. The van der Waals surface area contributed by atoms with Gasteiger partial charge in [-0.15, -0.1) is 12.4 Å². The molecule has 19 heavy (non-hydrogen) atoms. The summed E-state index contributed by atoms with van der Waals surface area (Å²) in [6.07, 6.45) is 2.43. The molecule has 0 aliphatic carbocycles. The smallest absolute Gasteiger partial charge is 0.251 e. The highest BCUT2D eigenvalue weighted by Gasteiger charge is 2.31. The third-order valence-electron chi connectivity index (χ3n) is 3.83. The van der Waals surface area contributed by atoms with Crippen molar-refractivity contribution in [2.24, 2.45) is 5.41 Å². The van der Waals surface area contributed by atoms with E-state index in [0.717, 1.165) is 12.1 Å². The molecule has 1 aliphatic heterocycles. The van der Waals surface area contributed by atoms with E-state index >= 15 is 0 Å². The predicted molar refractivity (Wildman–Crippen MR) is 80.8 cm³/mol. The molecule has 1 saturated heterocycles. The molecule has 1 fully saturated rings. The lowest BCUT2D eigenvalue weighted by molar-refractivity contribution is 0.0929. The van der Waals surface area contributed by atoms with Gasteiger partial charge >= 0.3 is 0 Å². The summed E-state index contributed by atoms with van der Waals surface area (Å²) in [5.41, 5.74) is 0.980. The van der Waals surface area contributed by atoms with Gasteiger partial charge in [0.05, 0.1) is 0 Å². The van der Waals surface area contributed by atoms with Crippen LogP contribution in [0, 0.1) is 5.41 Å². The standard InChI is InChI=1S/C15H22N2O.ClH/c1-15(2)9-6-10-16-13(15)11-17-14(18)12-7-4-3-5-8-12;/h3-5,7-8,13,16H,6,9-11H2,1-2H3,(H,17,18);1H. The largest absolute Gasteiger partial charge is 0.350 e. The minimum Gasteiger partial charge on any atom is -0.350 e. The van der Waals surface area contributed by atoms with E-state index in [0.29, 0.717) is 12.6 Å². The number of piperidine rings is 1. The summed E-state index contributed by atoms with van der Waals surface area (Å²) in [4.78, 5) is 12.0. The van der Waals surface area contributed by atoms with Gasteiger partial charge in [0, 0.05) is 18.2 Å². The van der Waals surface area contributed by atoms with Gasteiger partial charge in [-0.1, -0.05) is 32.0 Å². The molecule has 3 nitrogen and oxygen atoms in total. The van der Waals surface area contributed by atoms with Crippen LogP contribution in [0.4, 0.5) is 0 Å². The third kappa shape index (κ3) is 4.22. The van der Waals surface area contributed by atoms with Gasteiger partial charge in [-0.3, -0.25) is 4.79 Å². The average molecular weight is 283 g/mol. The van der Waals surface area contributed by atoms with Gasteiger partial charge in [0.1, 0.15) is 0 Å². The minimum absolute atomic E-state index is 0. The van der Waals surface area contributed by atoms with Gasteiger partial charge in [-0.05, 0) is 36.9 Å². The Labute approximate surface area is 121 Å². The van der Waals surface area contributed by atoms with E-state index < -0.39 is 0 Å². The molecule has 1 unspecified atom stereocenters. The summed E-state index contributed by atoms with van der Waals surface area (Å²) >= 11 is 0. The average Bonchev–Trinajstić information content (AvgIpc) is 2.38. The molecule has 1 atom stereocenters. The predicted octanol–water partition coefficient (Wildman–Crippen LogP) is 2.62. The molecule has 0 aromatic heterocycles. The second-order valence-electron chi connectivity index (χ2n) is 5.67. The van der Waals surface area contributed by atoms with E-state index in [9.17, 15) is 4.79 Å². The Balaban J connectivity index is 0.00000180. The number of carbonyl (C=O) groups excluding carboxylic acids is 1. The maximum atomic E-state index is 12.0. The molecule has 2 N–H and O–H groups in total. The van der Waals surface area contributed by atoms with E-state index in [1.54, 1.807) is 0 Å². The van der Waals surface area contributed by atoms with Gasteiger partial charge in [0.25, 0.3) is 5.91 Å². The van der Waals surface area contributed by atoms with Crippen LogP contribution in [-0.2, 0) is 0 Å². The number of benzene rings is 1. The van der Waals surface area contributed by atoms with Gasteiger partial charge in [0.15, 0.2) is 0 Å². The second-order valence-corrected chi connectivity index (χ2v) is 5.67. The Morgan fingerprint density at radius 1 is 1.37 bits per heavy atom. The van der Waals surface area contributed by atoms with Crippen LogP contribution < -0.4 is 10.6 Å². The fraction of sp³-hybridized carbons (Fsp3) is 0.533. The number of halogens is 1. The first-order chi connectivity index (χ1) is 8.59. The zero-order valence-corrected chi connectivity index (χ0v) is 12.4. The van der Waals surface area contributed by atoms with Gasteiger partial charge < -0.3 is 10.6 Å². The fourth-order valence-corrected chi connectivity index (χ4v) is 2.51. The molecule has 2 rings (SSSR count). The van der Waals surface area contributed by atoms with Crippen LogP contribution in [0.2, 0.25) is 0 Å². The number of amides is 1. The molecule has 1 aliphatic rings. The molecule has 1 amide bonds. The first kappa shape index (κ1) is 16.0. The summed E-state index contributed by atoms with van der Waals surface area (Å²) in [5.74, 6) is 0.0128. The van der Waals surface area contributed by atoms with Crippen LogP contribution in [-0.4, -0.2) is 25.0 Å². The lowest BCUT2D eigenvalue weighted by atomic mass is 9.77. The van der Waals surface area contributed by atoms with E-state index in [1.165, 1.54) is 12.8 Å². The van der Waals surface area contributed by atoms with Crippen molar-refractivity contribution in [3.63, 3.8) is 0 Å². The Morgan fingerprint density at radius 3 is 2.68 bits per heavy atom. The highest BCUT2D eigenvalue weighted by Crippen LogP contribution is 2.29. The monoisotopic (exact) mass is 282 g/mol. The molecule has 0 bridgehead atoms. The van der Waals surface area contributed by atoms with Crippen LogP contribution >= 0.6 is 12.4 Å². The zero-order valence-electron chi connectivity index (χ0n) is 11.6. The first-order valence-corrected chi connectivity index (χ1v) is 6.66. The van der Waals surface area contributed by atoms with Crippen LogP contribution in [0.1, 0.15) is 37.0 Å². The molecule has 1 aromatic carbocycles. The van der Waals surface area contributed by atoms with Crippen molar-refractivity contribution in [3.05, 3.63) is 35.9 Å². The van der Waals surface area contributed by atoms with Crippen molar-refractivity contribution in [1.29, 1.82) is 0 Å². The Morgan fingerprint density at radius 2 is 2.05 bits per heavy atom. The molecule has 106 valence electrons. The molecule has 0 spiro atoms. The van der Waals surface area contributed by atoms with Gasteiger partial charge in [-0.2, -0.15) is 0 Å². The lowest BCUT2D eigenvalue weighted by Crippen LogP contribution is -2.52. The van der Waals surface area contributed by atoms with Crippen molar-refractivity contribution in [1.82, 2.24) is 10.6 Å². The van der Waals surface area contributed by atoms with E-state index in [2.05, 4.69) is 24.5 Å². The van der Waals surface area contributed by atoms with Gasteiger partial charge in [0.2, 0.25) is 0 Å². The van der Waals surface area contributed by atoms with Crippen LogP contribution in [0.5, 0.6) is 0 Å². The number of rotatable bonds is 3. The molecular formula is C15H23ClN2O. The van der Waals surface area contributed by atoms with Crippen LogP contribution in [0.3, 0.4) is 0 Å². The van der Waals surface area contributed by atoms with E-state index in [1.807, 2.05) is 30.3 Å². The molecule has 4 heteroatoms. The van der Waals surface area contributed by atoms with Crippen molar-refractivity contribution >= 4 is 18.3 Å². The lowest BCUT2D eigenvalue weighted by Gasteiger charge is -2.39. The molecular weight excluding hydrogens is 260 g/mol. The number of hydrogen-bond donors (Lipinski definition) is 2. The number of carbonyl (C=O) groups is 1. The van der Waals surface area contributed by atoms with Crippen LogP contribution in [0.25, 0.3) is 0 Å². The minimum atomic E-state index is 0. The van der Waals surface area contributed by atoms with Crippen molar-refractivity contribution in [2.75, 3.05) is 13.1 Å². The van der Waals surface area contributed by atoms with Crippen molar-refractivity contribution < 1.29 is 4.79 Å². The first-order valence-electron chi connectivity index (χ1n) is 6.66. The SMILES string of the molecule is CC1(C)CCCNC1CNC(=O)c1ccccc1.Cl. The Kier molecular flexibility index (Phi) is 5.83. The quantitative estimate of drug-likeness (QED) is 0.895. The Bertz CT molecular complexity index is 406. The highest BCUT2D eigenvalue weighted by atomic mass is 35.5. The molecule has 0 saturated carbocycles. The number of hydrogen-bond acceptors (Lipinski definition) is 2. The summed E-state index contributed by atoms with van der Waals surface area (Å²) in [6.45, 7) is 6.27.